The molecule has 0 bridgehead atoms. The molecule has 120 valence electrons. The van der Waals surface area contributed by atoms with Gasteiger partial charge in [-0.15, -0.1) is 22.7 Å². The van der Waals surface area contributed by atoms with E-state index in [1.54, 1.807) is 15.9 Å². The van der Waals surface area contributed by atoms with Gasteiger partial charge in [0, 0.05) is 22.4 Å². The second kappa shape index (κ2) is 6.86. The molecule has 0 spiro atoms. The van der Waals surface area contributed by atoms with Gasteiger partial charge < -0.3 is 4.74 Å². The molecular formula is C15H14N2O3S3. The molecule has 0 fully saturated rings. The number of thioether (sulfide) groups is 1. The minimum Gasteiger partial charge on any atom is -0.468 e. The van der Waals surface area contributed by atoms with Crippen LogP contribution in [0.3, 0.4) is 0 Å². The van der Waals surface area contributed by atoms with E-state index in [1.165, 1.54) is 30.2 Å². The zero-order chi connectivity index (χ0) is 16.4. The summed E-state index contributed by atoms with van der Waals surface area (Å²) in [6.07, 6.45) is 0. The van der Waals surface area contributed by atoms with Crippen molar-refractivity contribution in [2.75, 3.05) is 12.9 Å². The first-order chi connectivity index (χ1) is 11.2. The molecular weight excluding hydrogens is 352 g/mol. The van der Waals surface area contributed by atoms with Gasteiger partial charge in [0.1, 0.15) is 4.83 Å². The number of fused-ring (bicyclic) bond motifs is 1. The molecule has 5 nitrogen and oxygen atoms in total. The number of aromatic nitrogens is 2. The number of thiophene rings is 2. The number of methoxy groups -OCH3 is 1. The molecule has 3 rings (SSSR count). The van der Waals surface area contributed by atoms with Crippen molar-refractivity contribution in [3.8, 4) is 10.4 Å². The second-order valence-corrected chi connectivity index (χ2v) is 7.36. The van der Waals surface area contributed by atoms with Gasteiger partial charge in [-0.3, -0.25) is 14.2 Å². The molecule has 0 aliphatic rings. The molecule has 0 aliphatic carbocycles. The van der Waals surface area contributed by atoms with E-state index in [4.69, 9.17) is 0 Å². The van der Waals surface area contributed by atoms with Crippen LogP contribution in [-0.4, -0.2) is 28.4 Å². The number of esters is 1. The maximum atomic E-state index is 12.9. The standard InChI is InChI=1S/C15H14N2O3S3/c1-3-17-14(19)12-9(10-5-4-6-21-10)7-22-13(12)16-15(17)23-8-11(18)20-2/h4-7H,3,8H2,1-2H3. The number of carbonyl (C=O) groups is 1. The van der Waals surface area contributed by atoms with Crippen LogP contribution in [0.15, 0.2) is 32.8 Å². The Hall–Kier alpha value is -1.64. The quantitative estimate of drug-likeness (QED) is 0.393. The first-order valence-corrected chi connectivity index (χ1v) is 9.65. The fourth-order valence-electron chi connectivity index (χ4n) is 2.19. The third kappa shape index (κ3) is 3.06. The monoisotopic (exact) mass is 366 g/mol. The van der Waals surface area contributed by atoms with Gasteiger partial charge in [0.2, 0.25) is 0 Å². The molecule has 0 aliphatic heterocycles. The minimum absolute atomic E-state index is 0.0606. The van der Waals surface area contributed by atoms with E-state index in [0.29, 0.717) is 21.9 Å². The molecule has 0 saturated carbocycles. The summed E-state index contributed by atoms with van der Waals surface area (Å²) in [7, 11) is 1.35. The third-order valence-electron chi connectivity index (χ3n) is 3.31. The van der Waals surface area contributed by atoms with Crippen LogP contribution in [0.2, 0.25) is 0 Å². The Kier molecular flexibility index (Phi) is 4.84. The smallest absolute Gasteiger partial charge is 0.316 e. The Labute approximate surface area is 144 Å². The van der Waals surface area contributed by atoms with Crippen LogP contribution in [0, 0.1) is 0 Å². The number of nitrogens with zero attached hydrogens (tertiary/aromatic N) is 2. The summed E-state index contributed by atoms with van der Waals surface area (Å²) in [5, 5.41) is 5.17. The van der Waals surface area contributed by atoms with Crippen LogP contribution in [-0.2, 0) is 16.1 Å². The molecule has 0 radical (unpaired) electrons. The van der Waals surface area contributed by atoms with Gasteiger partial charge in [0.15, 0.2) is 5.16 Å². The van der Waals surface area contributed by atoms with Crippen molar-refractivity contribution in [3.63, 3.8) is 0 Å². The number of rotatable bonds is 5. The fourth-order valence-corrected chi connectivity index (χ4v) is 4.89. The Bertz CT molecular complexity index is 897. The average Bonchev–Trinajstić information content (AvgIpc) is 3.21. The first kappa shape index (κ1) is 16.2. The molecule has 0 saturated heterocycles. The highest BCUT2D eigenvalue weighted by Gasteiger charge is 2.17. The number of ether oxygens (including phenoxy) is 1. The van der Waals surface area contributed by atoms with Crippen LogP contribution in [0.5, 0.6) is 0 Å². The summed E-state index contributed by atoms with van der Waals surface area (Å²) in [6.45, 7) is 2.40. The van der Waals surface area contributed by atoms with Crippen LogP contribution in [0.4, 0.5) is 0 Å². The molecule has 0 atom stereocenters. The summed E-state index contributed by atoms with van der Waals surface area (Å²) in [5.41, 5.74) is 0.874. The average molecular weight is 366 g/mol. The SMILES string of the molecule is CCn1c(SCC(=O)OC)nc2scc(-c3cccs3)c2c1=O. The second-order valence-electron chi connectivity index (χ2n) is 4.62. The van der Waals surface area contributed by atoms with Crippen LogP contribution in [0.25, 0.3) is 20.7 Å². The Morgan fingerprint density at radius 2 is 2.26 bits per heavy atom. The molecule has 0 amide bonds. The fraction of sp³-hybridized carbons (Fsp3) is 0.267. The molecule has 0 unspecified atom stereocenters. The highest BCUT2D eigenvalue weighted by atomic mass is 32.2. The zero-order valence-corrected chi connectivity index (χ0v) is 15.0. The lowest BCUT2D eigenvalue weighted by molar-refractivity contribution is -0.137. The van der Waals surface area contributed by atoms with Crippen molar-refractivity contribution in [2.24, 2.45) is 0 Å². The van der Waals surface area contributed by atoms with Crippen molar-refractivity contribution < 1.29 is 9.53 Å². The maximum Gasteiger partial charge on any atom is 0.316 e. The number of hydrogen-bond donors (Lipinski definition) is 0. The summed E-state index contributed by atoms with van der Waals surface area (Å²) >= 11 is 4.28. The number of hydrogen-bond acceptors (Lipinski definition) is 7. The Balaban J connectivity index is 2.11. The van der Waals surface area contributed by atoms with Gasteiger partial charge in [0.05, 0.1) is 18.2 Å². The largest absolute Gasteiger partial charge is 0.468 e. The van der Waals surface area contributed by atoms with Gasteiger partial charge in [-0.2, -0.15) is 0 Å². The van der Waals surface area contributed by atoms with Gasteiger partial charge in [-0.1, -0.05) is 17.8 Å². The lowest BCUT2D eigenvalue weighted by Gasteiger charge is -2.09. The van der Waals surface area contributed by atoms with Gasteiger partial charge in [0.25, 0.3) is 5.56 Å². The normalized spacial score (nSPS) is 11.0. The molecule has 3 aromatic rings. The highest BCUT2D eigenvalue weighted by Crippen LogP contribution is 2.34. The lowest BCUT2D eigenvalue weighted by Crippen LogP contribution is -2.22. The first-order valence-electron chi connectivity index (χ1n) is 6.91. The number of carbonyl (C=O) groups excluding carboxylic acids is 1. The summed E-state index contributed by atoms with van der Waals surface area (Å²) in [5.74, 6) is -0.199. The van der Waals surface area contributed by atoms with Crippen LogP contribution in [0.1, 0.15) is 6.92 Å². The van der Waals surface area contributed by atoms with Gasteiger partial charge >= 0.3 is 5.97 Å². The summed E-state index contributed by atoms with van der Waals surface area (Å²) in [4.78, 5) is 30.6. The van der Waals surface area contributed by atoms with E-state index < -0.39 is 0 Å². The van der Waals surface area contributed by atoms with Crippen molar-refractivity contribution in [2.45, 2.75) is 18.6 Å². The van der Waals surface area contributed by atoms with Crippen LogP contribution < -0.4 is 5.56 Å². The topological polar surface area (TPSA) is 61.2 Å². The maximum absolute atomic E-state index is 12.9. The van der Waals surface area contributed by atoms with Gasteiger partial charge in [-0.05, 0) is 18.4 Å². The molecule has 8 heteroatoms. The van der Waals surface area contributed by atoms with Crippen molar-refractivity contribution in [3.05, 3.63) is 33.2 Å². The van der Waals surface area contributed by atoms with Crippen molar-refractivity contribution in [1.82, 2.24) is 9.55 Å². The third-order valence-corrected chi connectivity index (χ3v) is 6.03. The molecule has 0 aromatic carbocycles. The summed E-state index contributed by atoms with van der Waals surface area (Å²) in [6, 6.07) is 3.97. The summed E-state index contributed by atoms with van der Waals surface area (Å²) < 4.78 is 6.26. The molecule has 23 heavy (non-hydrogen) atoms. The van der Waals surface area contributed by atoms with Crippen molar-refractivity contribution >= 4 is 50.6 Å². The van der Waals surface area contributed by atoms with E-state index in [-0.39, 0.29) is 17.3 Å². The van der Waals surface area contributed by atoms with E-state index in [0.717, 1.165) is 10.4 Å². The molecule has 3 heterocycles. The van der Waals surface area contributed by atoms with Crippen molar-refractivity contribution in [1.29, 1.82) is 0 Å². The predicted octanol–water partition coefficient (Wildman–Crippen LogP) is 3.47. The van der Waals surface area contributed by atoms with E-state index in [2.05, 4.69) is 9.72 Å². The molecule has 0 N–H and O–H groups in total. The van der Waals surface area contributed by atoms with E-state index >= 15 is 0 Å². The predicted molar refractivity (Wildman–Crippen MR) is 95.6 cm³/mol. The molecule has 3 aromatic heterocycles. The Morgan fingerprint density at radius 3 is 2.91 bits per heavy atom. The van der Waals surface area contributed by atoms with Crippen LogP contribution >= 0.6 is 34.4 Å². The lowest BCUT2D eigenvalue weighted by atomic mass is 10.2. The highest BCUT2D eigenvalue weighted by molar-refractivity contribution is 7.99. The zero-order valence-electron chi connectivity index (χ0n) is 12.6. The Morgan fingerprint density at radius 1 is 1.43 bits per heavy atom. The van der Waals surface area contributed by atoms with E-state index in [1.807, 2.05) is 29.8 Å². The minimum atomic E-state index is -0.336. The van der Waals surface area contributed by atoms with Gasteiger partial charge in [-0.25, -0.2) is 4.98 Å². The van der Waals surface area contributed by atoms with E-state index in [9.17, 15) is 9.59 Å².